The van der Waals surface area contributed by atoms with Gasteiger partial charge in [-0.25, -0.2) is 0 Å². The lowest BCUT2D eigenvalue weighted by Crippen LogP contribution is -2.58. The number of aromatic nitrogens is 2. The highest BCUT2D eigenvalue weighted by molar-refractivity contribution is 6.31. The van der Waals surface area contributed by atoms with E-state index in [0.717, 1.165) is 35.7 Å². The predicted molar refractivity (Wildman–Crippen MR) is 86.5 cm³/mol. The van der Waals surface area contributed by atoms with Gasteiger partial charge in [-0.2, -0.15) is 5.10 Å². The van der Waals surface area contributed by atoms with Gasteiger partial charge in [-0.15, -0.1) is 0 Å². The van der Waals surface area contributed by atoms with Crippen LogP contribution >= 0.6 is 11.6 Å². The van der Waals surface area contributed by atoms with E-state index in [1.165, 1.54) is 0 Å². The van der Waals surface area contributed by atoms with Gasteiger partial charge in [0.1, 0.15) is 0 Å². The fourth-order valence-corrected chi connectivity index (χ4v) is 3.58. The summed E-state index contributed by atoms with van der Waals surface area (Å²) in [6, 6.07) is 0.333. The monoisotopic (exact) mass is 300 g/mol. The molecule has 0 aliphatic heterocycles. The molecule has 0 aliphatic carbocycles. The Morgan fingerprint density at radius 1 is 1.35 bits per heavy atom. The molecule has 0 fully saturated rings. The standard InChI is InChI=1S/C15H29ClN4/c1-8-15(9-2,19(5)6)13(17-4)10-12-14(16)11(3)18-20(12)7/h13,17H,8-10H2,1-7H3. The maximum absolute atomic E-state index is 6.41. The fraction of sp³-hybridized carbons (Fsp3) is 0.800. The van der Waals surface area contributed by atoms with Crippen LogP contribution in [0.1, 0.15) is 38.1 Å². The Balaban J connectivity index is 3.13. The Bertz CT molecular complexity index is 435. The van der Waals surface area contributed by atoms with Gasteiger partial charge in [0, 0.05) is 25.0 Å². The fourth-order valence-electron chi connectivity index (χ4n) is 3.34. The molecule has 0 saturated heterocycles. The number of hydrogen-bond donors (Lipinski definition) is 1. The summed E-state index contributed by atoms with van der Waals surface area (Å²) in [5, 5.41) is 8.72. The van der Waals surface area contributed by atoms with E-state index in [4.69, 9.17) is 11.6 Å². The molecule has 0 spiro atoms. The zero-order valence-electron chi connectivity index (χ0n) is 13.9. The normalized spacial score (nSPS) is 14.1. The summed E-state index contributed by atoms with van der Waals surface area (Å²) in [4.78, 5) is 2.34. The van der Waals surface area contributed by atoms with Gasteiger partial charge < -0.3 is 10.2 Å². The molecule has 0 amide bonds. The molecule has 1 N–H and O–H groups in total. The van der Waals surface area contributed by atoms with Crippen molar-refractivity contribution in [2.45, 2.75) is 51.6 Å². The molecule has 116 valence electrons. The third-order valence-corrected chi connectivity index (χ3v) is 5.26. The molecule has 5 heteroatoms. The largest absolute Gasteiger partial charge is 0.315 e. The summed E-state index contributed by atoms with van der Waals surface area (Å²) in [5.74, 6) is 0. The van der Waals surface area contributed by atoms with Crippen molar-refractivity contribution in [1.82, 2.24) is 20.0 Å². The van der Waals surface area contributed by atoms with Crippen LogP contribution in [0.2, 0.25) is 5.02 Å². The lowest BCUT2D eigenvalue weighted by atomic mass is 9.81. The van der Waals surface area contributed by atoms with Crippen LogP contribution in [-0.2, 0) is 13.5 Å². The van der Waals surface area contributed by atoms with Crippen molar-refractivity contribution >= 4 is 11.6 Å². The van der Waals surface area contributed by atoms with Gasteiger partial charge in [0.2, 0.25) is 0 Å². The minimum Gasteiger partial charge on any atom is -0.315 e. The second-order valence-electron chi connectivity index (χ2n) is 5.72. The molecule has 4 nitrogen and oxygen atoms in total. The SMILES string of the molecule is CCC(CC)(C(Cc1c(Cl)c(C)nn1C)NC)N(C)C. The number of nitrogens with zero attached hydrogens (tertiary/aromatic N) is 3. The molecule has 1 heterocycles. The van der Waals surface area contributed by atoms with Gasteiger partial charge >= 0.3 is 0 Å². The van der Waals surface area contributed by atoms with E-state index in [1.807, 2.05) is 25.7 Å². The van der Waals surface area contributed by atoms with Crippen molar-refractivity contribution in [3.63, 3.8) is 0 Å². The van der Waals surface area contributed by atoms with Crippen LogP contribution in [0.4, 0.5) is 0 Å². The van der Waals surface area contributed by atoms with Crippen molar-refractivity contribution in [3.05, 3.63) is 16.4 Å². The van der Waals surface area contributed by atoms with Crippen LogP contribution in [-0.4, -0.2) is 47.4 Å². The molecular formula is C15H29ClN4. The first kappa shape index (κ1) is 17.5. The number of aryl methyl sites for hydroxylation is 2. The van der Waals surface area contributed by atoms with E-state index < -0.39 is 0 Å². The lowest BCUT2D eigenvalue weighted by Gasteiger charge is -2.45. The molecule has 0 aliphatic rings. The molecule has 1 aromatic heterocycles. The average molecular weight is 301 g/mol. The quantitative estimate of drug-likeness (QED) is 0.840. The zero-order valence-corrected chi connectivity index (χ0v) is 14.7. The Morgan fingerprint density at radius 3 is 2.20 bits per heavy atom. The predicted octanol–water partition coefficient (Wildman–Crippen LogP) is 2.63. The third kappa shape index (κ3) is 3.02. The van der Waals surface area contributed by atoms with E-state index in [9.17, 15) is 0 Å². The Kier molecular flexibility index (Phi) is 6.05. The van der Waals surface area contributed by atoms with Crippen molar-refractivity contribution < 1.29 is 0 Å². The second-order valence-corrected chi connectivity index (χ2v) is 6.10. The van der Waals surface area contributed by atoms with Crippen LogP contribution in [0.5, 0.6) is 0 Å². The van der Waals surface area contributed by atoms with E-state index in [2.05, 4.69) is 43.3 Å². The third-order valence-electron chi connectivity index (χ3n) is 4.77. The molecule has 0 aromatic carbocycles. The maximum Gasteiger partial charge on any atom is 0.0847 e. The van der Waals surface area contributed by atoms with Crippen LogP contribution in [0.25, 0.3) is 0 Å². The summed E-state index contributed by atoms with van der Waals surface area (Å²) < 4.78 is 1.91. The first-order valence-corrected chi connectivity index (χ1v) is 7.74. The van der Waals surface area contributed by atoms with E-state index in [-0.39, 0.29) is 5.54 Å². The number of rotatable bonds is 7. The van der Waals surface area contributed by atoms with Gasteiger partial charge in [0.25, 0.3) is 0 Å². The molecular weight excluding hydrogens is 272 g/mol. The molecule has 20 heavy (non-hydrogen) atoms. The van der Waals surface area contributed by atoms with Gasteiger partial charge in [-0.3, -0.25) is 4.68 Å². The lowest BCUT2D eigenvalue weighted by molar-refractivity contribution is 0.0909. The first-order chi connectivity index (χ1) is 9.33. The molecule has 0 radical (unpaired) electrons. The number of nitrogens with one attached hydrogen (secondary N) is 1. The summed E-state index contributed by atoms with van der Waals surface area (Å²) in [6.45, 7) is 6.47. The van der Waals surface area contributed by atoms with E-state index in [0.29, 0.717) is 6.04 Å². The van der Waals surface area contributed by atoms with Crippen LogP contribution < -0.4 is 5.32 Å². The first-order valence-electron chi connectivity index (χ1n) is 7.36. The van der Waals surface area contributed by atoms with Crippen LogP contribution in [0.3, 0.4) is 0 Å². The van der Waals surface area contributed by atoms with E-state index in [1.54, 1.807) is 0 Å². The highest BCUT2D eigenvalue weighted by Crippen LogP contribution is 2.30. The minimum atomic E-state index is 0.121. The Hall–Kier alpha value is -0.580. The van der Waals surface area contributed by atoms with Gasteiger partial charge in [-0.1, -0.05) is 25.4 Å². The molecule has 0 saturated carbocycles. The van der Waals surface area contributed by atoms with Crippen LogP contribution in [0.15, 0.2) is 0 Å². The molecule has 1 atom stereocenters. The minimum absolute atomic E-state index is 0.121. The van der Waals surface area contributed by atoms with Gasteiger partial charge in [0.05, 0.1) is 16.4 Å². The number of likely N-dealkylation sites (N-methyl/N-ethyl adjacent to an activating group) is 2. The topological polar surface area (TPSA) is 33.1 Å². The summed E-state index contributed by atoms with van der Waals surface area (Å²) in [7, 11) is 8.32. The van der Waals surface area contributed by atoms with Crippen molar-refractivity contribution in [3.8, 4) is 0 Å². The summed E-state index contributed by atoms with van der Waals surface area (Å²) >= 11 is 6.41. The zero-order chi connectivity index (χ0) is 15.5. The number of halogens is 1. The Labute approximate surface area is 128 Å². The smallest absolute Gasteiger partial charge is 0.0847 e. The average Bonchev–Trinajstić information content (AvgIpc) is 2.64. The second kappa shape index (κ2) is 6.92. The highest BCUT2D eigenvalue weighted by atomic mass is 35.5. The van der Waals surface area contributed by atoms with Gasteiger partial charge in [0.15, 0.2) is 0 Å². The van der Waals surface area contributed by atoms with Crippen LogP contribution in [0, 0.1) is 6.92 Å². The Morgan fingerprint density at radius 2 is 1.90 bits per heavy atom. The number of hydrogen-bond acceptors (Lipinski definition) is 3. The maximum atomic E-state index is 6.41. The van der Waals surface area contributed by atoms with E-state index >= 15 is 0 Å². The molecule has 0 bridgehead atoms. The van der Waals surface area contributed by atoms with Crippen molar-refractivity contribution in [2.24, 2.45) is 7.05 Å². The summed E-state index contributed by atoms with van der Waals surface area (Å²) in [5.41, 5.74) is 2.13. The van der Waals surface area contributed by atoms with Gasteiger partial charge in [-0.05, 0) is 40.9 Å². The highest BCUT2D eigenvalue weighted by Gasteiger charge is 2.37. The van der Waals surface area contributed by atoms with Crippen molar-refractivity contribution in [1.29, 1.82) is 0 Å². The summed E-state index contributed by atoms with van der Waals surface area (Å²) in [6.07, 6.45) is 3.07. The van der Waals surface area contributed by atoms with Crippen molar-refractivity contribution in [2.75, 3.05) is 21.1 Å². The molecule has 1 rings (SSSR count). The molecule has 1 unspecified atom stereocenters. The molecule has 1 aromatic rings.